The van der Waals surface area contributed by atoms with Gasteiger partial charge in [-0.15, -0.1) is 24.0 Å². The van der Waals surface area contributed by atoms with Gasteiger partial charge in [-0.25, -0.2) is 0 Å². The summed E-state index contributed by atoms with van der Waals surface area (Å²) < 4.78 is 5.07. The molecule has 0 aliphatic rings. The number of rotatable bonds is 9. The Morgan fingerprint density at radius 3 is 2.43 bits per heavy atom. The Morgan fingerprint density at radius 1 is 1.24 bits per heavy atom. The smallest absolute Gasteiger partial charge is 0.307 e. The zero-order valence-electron chi connectivity index (χ0n) is 14.1. The Bertz CT molecular complexity index is 297. The molecule has 0 fully saturated rings. The summed E-state index contributed by atoms with van der Waals surface area (Å²) >= 11 is 0. The molecule has 0 spiro atoms. The average molecular weight is 413 g/mol. The molecule has 21 heavy (non-hydrogen) atoms. The largest absolute Gasteiger partial charge is 0.463 e. The van der Waals surface area contributed by atoms with E-state index in [1.807, 2.05) is 13.8 Å². The Morgan fingerprint density at radius 2 is 1.90 bits per heavy atom. The van der Waals surface area contributed by atoms with E-state index < -0.39 is 0 Å². The summed E-state index contributed by atoms with van der Waals surface area (Å²) in [6.07, 6.45) is 5.14. The zero-order valence-corrected chi connectivity index (χ0v) is 16.4. The third-order valence-corrected chi connectivity index (χ3v) is 2.84. The van der Waals surface area contributed by atoms with Crippen molar-refractivity contribution in [3.63, 3.8) is 0 Å². The lowest BCUT2D eigenvalue weighted by Crippen LogP contribution is -2.42. The van der Waals surface area contributed by atoms with Gasteiger partial charge >= 0.3 is 5.97 Å². The summed E-state index contributed by atoms with van der Waals surface area (Å²) in [4.78, 5) is 15.6. The highest BCUT2D eigenvalue weighted by atomic mass is 127. The number of hydrogen-bond donors (Lipinski definition) is 2. The van der Waals surface area contributed by atoms with Gasteiger partial charge in [-0.3, -0.25) is 9.79 Å². The van der Waals surface area contributed by atoms with Crippen molar-refractivity contribution in [3.05, 3.63) is 0 Å². The van der Waals surface area contributed by atoms with E-state index >= 15 is 0 Å². The van der Waals surface area contributed by atoms with Crippen LogP contribution in [0.2, 0.25) is 0 Å². The topological polar surface area (TPSA) is 62.7 Å². The van der Waals surface area contributed by atoms with E-state index in [-0.39, 0.29) is 36.0 Å². The molecular formula is C15H32IN3O2. The van der Waals surface area contributed by atoms with E-state index in [0.29, 0.717) is 19.0 Å². The highest BCUT2D eigenvalue weighted by Crippen LogP contribution is 2.02. The van der Waals surface area contributed by atoms with Crippen molar-refractivity contribution >= 4 is 35.9 Å². The van der Waals surface area contributed by atoms with Gasteiger partial charge in [0.25, 0.3) is 0 Å². The van der Waals surface area contributed by atoms with Crippen LogP contribution in [0.4, 0.5) is 0 Å². The number of unbranched alkanes of at least 4 members (excludes halogenated alkanes) is 2. The number of ether oxygens (including phenoxy) is 1. The number of hydrogen-bond acceptors (Lipinski definition) is 3. The molecule has 5 nitrogen and oxygen atoms in total. The number of nitrogens with one attached hydrogen (secondary N) is 2. The summed E-state index contributed by atoms with van der Waals surface area (Å²) in [5.41, 5.74) is 0. The second-order valence-corrected chi connectivity index (χ2v) is 5.33. The number of aliphatic imine (C=N–C) groups is 1. The Kier molecular flexibility index (Phi) is 15.6. The molecule has 0 radical (unpaired) electrons. The van der Waals surface area contributed by atoms with Crippen molar-refractivity contribution in [2.75, 3.05) is 13.6 Å². The fraction of sp³-hybridized carbons (Fsp3) is 0.867. The minimum atomic E-state index is -0.182. The fourth-order valence-electron chi connectivity index (χ4n) is 1.81. The van der Waals surface area contributed by atoms with Crippen molar-refractivity contribution in [2.24, 2.45) is 4.99 Å². The molecule has 1 unspecified atom stereocenters. The van der Waals surface area contributed by atoms with Crippen LogP contribution in [0.3, 0.4) is 0 Å². The van der Waals surface area contributed by atoms with Crippen LogP contribution in [0.1, 0.15) is 59.8 Å². The predicted molar refractivity (Wildman–Crippen MR) is 99.4 cm³/mol. The molecule has 0 aromatic carbocycles. The average Bonchev–Trinajstić information content (AvgIpc) is 2.37. The normalized spacial score (nSPS) is 12.6. The minimum absolute atomic E-state index is 0. The third-order valence-electron chi connectivity index (χ3n) is 2.84. The number of carbonyl (C=O) groups is 1. The van der Waals surface area contributed by atoms with Gasteiger partial charge in [0.1, 0.15) is 0 Å². The van der Waals surface area contributed by atoms with Crippen LogP contribution in [0.25, 0.3) is 0 Å². The van der Waals surface area contributed by atoms with Gasteiger partial charge in [-0.1, -0.05) is 26.2 Å². The molecule has 0 bridgehead atoms. The molecular weight excluding hydrogens is 381 g/mol. The summed E-state index contributed by atoms with van der Waals surface area (Å²) in [6.45, 7) is 8.59. The Labute approximate surface area is 146 Å². The van der Waals surface area contributed by atoms with Crippen molar-refractivity contribution in [1.29, 1.82) is 0 Å². The molecule has 0 saturated carbocycles. The van der Waals surface area contributed by atoms with Crippen molar-refractivity contribution in [1.82, 2.24) is 10.6 Å². The second-order valence-electron chi connectivity index (χ2n) is 5.33. The van der Waals surface area contributed by atoms with Crippen molar-refractivity contribution < 1.29 is 9.53 Å². The van der Waals surface area contributed by atoms with Crippen molar-refractivity contribution in [2.45, 2.75) is 71.9 Å². The summed E-state index contributed by atoms with van der Waals surface area (Å²) in [5.74, 6) is 0.560. The second kappa shape index (κ2) is 14.4. The lowest BCUT2D eigenvalue weighted by molar-refractivity contribution is -0.147. The van der Waals surface area contributed by atoms with Crippen LogP contribution in [0.5, 0.6) is 0 Å². The molecule has 0 amide bonds. The molecule has 2 N–H and O–H groups in total. The molecule has 0 saturated heterocycles. The first-order valence-electron chi connectivity index (χ1n) is 7.66. The van der Waals surface area contributed by atoms with Crippen molar-refractivity contribution in [3.8, 4) is 0 Å². The Hall–Kier alpha value is -0.530. The van der Waals surface area contributed by atoms with E-state index in [2.05, 4.69) is 29.5 Å². The summed E-state index contributed by atoms with van der Waals surface area (Å²) in [7, 11) is 1.74. The maximum Gasteiger partial charge on any atom is 0.307 e. The van der Waals surface area contributed by atoms with E-state index in [9.17, 15) is 4.79 Å². The third kappa shape index (κ3) is 14.2. The highest BCUT2D eigenvalue weighted by Gasteiger charge is 2.07. The number of carbonyl (C=O) groups excluding carboxylic acids is 1. The monoisotopic (exact) mass is 413 g/mol. The van der Waals surface area contributed by atoms with E-state index in [0.717, 1.165) is 12.4 Å². The number of nitrogens with zero attached hydrogens (tertiary/aromatic N) is 1. The van der Waals surface area contributed by atoms with Crippen LogP contribution in [-0.4, -0.2) is 37.7 Å². The first kappa shape index (κ1) is 22.7. The van der Waals surface area contributed by atoms with Gasteiger partial charge in [0.2, 0.25) is 0 Å². The first-order chi connectivity index (χ1) is 9.49. The van der Waals surface area contributed by atoms with Crippen LogP contribution < -0.4 is 10.6 Å². The lowest BCUT2D eigenvalue weighted by Gasteiger charge is -2.17. The van der Waals surface area contributed by atoms with Gasteiger partial charge in [0.05, 0.1) is 12.5 Å². The lowest BCUT2D eigenvalue weighted by atomic mass is 10.1. The quantitative estimate of drug-likeness (QED) is 0.201. The molecule has 1 atom stereocenters. The van der Waals surface area contributed by atoms with E-state index in [4.69, 9.17) is 4.74 Å². The van der Waals surface area contributed by atoms with E-state index in [1.54, 1.807) is 7.05 Å². The Balaban J connectivity index is 0. The summed E-state index contributed by atoms with van der Waals surface area (Å²) in [5, 5.41) is 6.46. The molecule has 0 aromatic rings. The highest BCUT2D eigenvalue weighted by molar-refractivity contribution is 14.0. The molecule has 0 rings (SSSR count). The molecule has 6 heteroatoms. The van der Waals surface area contributed by atoms with Gasteiger partial charge in [0, 0.05) is 19.6 Å². The minimum Gasteiger partial charge on any atom is -0.463 e. The molecule has 0 aliphatic heterocycles. The SMILES string of the molecule is CCCCCC(C)NC(=NC)NCCC(=O)OC(C)C.I. The molecule has 0 aliphatic carbocycles. The van der Waals surface area contributed by atoms with Crippen LogP contribution >= 0.6 is 24.0 Å². The van der Waals surface area contributed by atoms with Crippen LogP contribution in [0, 0.1) is 0 Å². The van der Waals surface area contributed by atoms with E-state index in [1.165, 1.54) is 19.3 Å². The first-order valence-corrected chi connectivity index (χ1v) is 7.66. The predicted octanol–water partition coefficient (Wildman–Crippen LogP) is 3.08. The van der Waals surface area contributed by atoms with Gasteiger partial charge < -0.3 is 15.4 Å². The zero-order chi connectivity index (χ0) is 15.4. The summed E-state index contributed by atoms with van der Waals surface area (Å²) in [6, 6.07) is 0.385. The maximum atomic E-state index is 11.4. The fourth-order valence-corrected chi connectivity index (χ4v) is 1.81. The molecule has 0 aromatic heterocycles. The van der Waals surface area contributed by atoms with Gasteiger partial charge in [-0.05, 0) is 27.2 Å². The molecule has 0 heterocycles. The number of halogens is 1. The van der Waals surface area contributed by atoms with Crippen LogP contribution in [0.15, 0.2) is 4.99 Å². The standard InChI is InChI=1S/C15H31N3O2.HI/c1-6-7-8-9-13(4)18-15(16-5)17-11-10-14(19)20-12(2)3;/h12-13H,6-11H2,1-5H3,(H2,16,17,18);1H. The number of guanidine groups is 1. The van der Waals surface area contributed by atoms with Crippen LogP contribution in [-0.2, 0) is 9.53 Å². The van der Waals surface area contributed by atoms with Gasteiger partial charge in [0.15, 0.2) is 5.96 Å². The maximum absolute atomic E-state index is 11.4. The molecule has 126 valence electrons. The number of esters is 1. The van der Waals surface area contributed by atoms with Gasteiger partial charge in [-0.2, -0.15) is 0 Å².